The molecule has 0 heterocycles. The molecule has 2 N–H and O–H groups in total. The average molecular weight is 205 g/mol. The van der Waals surface area contributed by atoms with Gasteiger partial charge in [0.2, 0.25) is 5.91 Å². The lowest BCUT2D eigenvalue weighted by Gasteiger charge is -2.01. The number of aliphatic hydroxyl groups is 1. The summed E-state index contributed by atoms with van der Waals surface area (Å²) in [7, 11) is 0. The minimum absolute atomic E-state index is 0.0708. The fraction of sp³-hybridized carbons (Fsp3) is 0.250. The number of carbonyl (C=O) groups is 1. The predicted molar refractivity (Wildman–Crippen MR) is 61.5 cm³/mol. The third-order valence-electron chi connectivity index (χ3n) is 1.84. The van der Waals surface area contributed by atoms with Gasteiger partial charge < -0.3 is 10.4 Å². The van der Waals surface area contributed by atoms with Gasteiger partial charge in [-0.2, -0.15) is 0 Å². The molecule has 0 aliphatic heterocycles. The Morgan fingerprint density at radius 3 is 2.60 bits per heavy atom. The Kier molecular flexibility index (Phi) is 4.57. The van der Waals surface area contributed by atoms with E-state index in [1.165, 1.54) is 6.92 Å². The predicted octanol–water partition coefficient (Wildman–Crippen LogP) is 2.04. The van der Waals surface area contributed by atoms with Crippen molar-refractivity contribution < 1.29 is 9.90 Å². The molecule has 3 heteroatoms. The second-order valence-corrected chi connectivity index (χ2v) is 3.22. The number of nitrogens with one attached hydrogen (secondary N) is 1. The summed E-state index contributed by atoms with van der Waals surface area (Å²) in [5.74, 6) is -0.0708. The fourth-order valence-electron chi connectivity index (χ4n) is 1.17. The van der Waals surface area contributed by atoms with Crippen LogP contribution in [0, 0.1) is 0 Å². The number of aliphatic hydroxyl groups excluding tert-OH is 1. The number of benzene rings is 1. The maximum absolute atomic E-state index is 10.8. The summed E-state index contributed by atoms with van der Waals surface area (Å²) in [5.41, 5.74) is 1.85. The molecule has 0 spiro atoms. The van der Waals surface area contributed by atoms with Crippen LogP contribution in [0.2, 0.25) is 0 Å². The Bertz CT molecular complexity index is 341. The Hall–Kier alpha value is -1.61. The molecule has 0 saturated carbocycles. The van der Waals surface area contributed by atoms with Crippen molar-refractivity contribution in [3.8, 4) is 0 Å². The molecule has 0 unspecified atom stereocenters. The quantitative estimate of drug-likeness (QED) is 0.790. The molecule has 0 fully saturated rings. The van der Waals surface area contributed by atoms with E-state index in [1.54, 1.807) is 0 Å². The van der Waals surface area contributed by atoms with Crippen LogP contribution >= 0.6 is 0 Å². The molecule has 0 saturated heterocycles. The summed E-state index contributed by atoms with van der Waals surface area (Å²) in [5, 5.41) is 11.3. The molecule has 1 aromatic carbocycles. The van der Waals surface area contributed by atoms with Gasteiger partial charge in [-0.05, 0) is 24.1 Å². The number of hydrogen-bond acceptors (Lipinski definition) is 2. The second kappa shape index (κ2) is 5.98. The monoisotopic (exact) mass is 205 g/mol. The summed E-state index contributed by atoms with van der Waals surface area (Å²) in [6, 6.07) is 7.53. The van der Waals surface area contributed by atoms with E-state index in [1.807, 2.05) is 36.4 Å². The van der Waals surface area contributed by atoms with Crippen molar-refractivity contribution in [2.24, 2.45) is 0 Å². The van der Waals surface area contributed by atoms with Crippen LogP contribution in [0.1, 0.15) is 18.9 Å². The lowest BCUT2D eigenvalue weighted by molar-refractivity contribution is -0.114. The molecule has 80 valence electrons. The van der Waals surface area contributed by atoms with Gasteiger partial charge in [0.1, 0.15) is 0 Å². The van der Waals surface area contributed by atoms with E-state index in [-0.39, 0.29) is 12.5 Å². The van der Waals surface area contributed by atoms with Crippen LogP contribution in [0.5, 0.6) is 0 Å². The van der Waals surface area contributed by atoms with E-state index in [0.29, 0.717) is 6.42 Å². The number of anilines is 1. The molecule has 0 atom stereocenters. The lowest BCUT2D eigenvalue weighted by Crippen LogP contribution is -2.05. The third kappa shape index (κ3) is 4.42. The second-order valence-electron chi connectivity index (χ2n) is 3.22. The Labute approximate surface area is 89.4 Å². The van der Waals surface area contributed by atoms with Gasteiger partial charge in [0, 0.05) is 19.2 Å². The Morgan fingerprint density at radius 1 is 1.40 bits per heavy atom. The Morgan fingerprint density at radius 2 is 2.07 bits per heavy atom. The van der Waals surface area contributed by atoms with Crippen molar-refractivity contribution in [1.29, 1.82) is 0 Å². The molecular weight excluding hydrogens is 190 g/mol. The van der Waals surface area contributed by atoms with Gasteiger partial charge in [-0.15, -0.1) is 0 Å². The highest BCUT2D eigenvalue weighted by Gasteiger charge is 1.93. The van der Waals surface area contributed by atoms with Crippen molar-refractivity contribution in [3.05, 3.63) is 35.9 Å². The van der Waals surface area contributed by atoms with Crippen LogP contribution in [0.15, 0.2) is 30.3 Å². The summed E-state index contributed by atoms with van der Waals surface area (Å²) < 4.78 is 0. The number of hydrogen-bond donors (Lipinski definition) is 2. The molecule has 0 aliphatic carbocycles. The van der Waals surface area contributed by atoms with Gasteiger partial charge in [-0.3, -0.25) is 4.79 Å². The lowest BCUT2D eigenvalue weighted by atomic mass is 10.2. The normalized spacial score (nSPS) is 10.5. The fourth-order valence-corrected chi connectivity index (χ4v) is 1.17. The van der Waals surface area contributed by atoms with Gasteiger partial charge in [-0.25, -0.2) is 0 Å². The van der Waals surface area contributed by atoms with E-state index in [4.69, 9.17) is 5.11 Å². The summed E-state index contributed by atoms with van der Waals surface area (Å²) in [4.78, 5) is 10.8. The molecular formula is C12H15NO2. The first kappa shape index (κ1) is 11.5. The standard InChI is InChI=1S/C12H15NO2/c1-10(15)13-12-7-5-11(6-8-12)4-2-3-9-14/h2,4-8,14H,3,9H2,1H3,(H,13,15). The minimum atomic E-state index is -0.0708. The van der Waals surface area contributed by atoms with E-state index in [9.17, 15) is 4.79 Å². The average Bonchev–Trinajstić information content (AvgIpc) is 2.20. The molecule has 1 rings (SSSR count). The highest BCUT2D eigenvalue weighted by molar-refractivity contribution is 5.88. The van der Waals surface area contributed by atoms with E-state index >= 15 is 0 Å². The third-order valence-corrected chi connectivity index (χ3v) is 1.84. The zero-order chi connectivity index (χ0) is 11.1. The van der Waals surface area contributed by atoms with Gasteiger partial charge in [-0.1, -0.05) is 24.3 Å². The highest BCUT2D eigenvalue weighted by atomic mass is 16.2. The molecule has 3 nitrogen and oxygen atoms in total. The number of carbonyl (C=O) groups excluding carboxylic acids is 1. The van der Waals surface area contributed by atoms with Gasteiger partial charge >= 0.3 is 0 Å². The van der Waals surface area contributed by atoms with Crippen molar-refractivity contribution in [3.63, 3.8) is 0 Å². The summed E-state index contributed by atoms with van der Waals surface area (Å²) >= 11 is 0. The number of amides is 1. The van der Waals surface area contributed by atoms with Crippen molar-refractivity contribution in [2.75, 3.05) is 11.9 Å². The van der Waals surface area contributed by atoms with Crippen molar-refractivity contribution >= 4 is 17.7 Å². The maximum Gasteiger partial charge on any atom is 0.221 e. The zero-order valence-corrected chi connectivity index (χ0v) is 8.73. The maximum atomic E-state index is 10.8. The molecule has 0 aromatic heterocycles. The first-order chi connectivity index (χ1) is 7.22. The largest absolute Gasteiger partial charge is 0.396 e. The van der Waals surface area contributed by atoms with Crippen molar-refractivity contribution in [2.45, 2.75) is 13.3 Å². The van der Waals surface area contributed by atoms with Crippen LogP contribution in [0.25, 0.3) is 6.08 Å². The molecule has 0 bridgehead atoms. The van der Waals surface area contributed by atoms with Crippen LogP contribution in [-0.2, 0) is 4.79 Å². The van der Waals surface area contributed by atoms with E-state index in [2.05, 4.69) is 5.32 Å². The van der Waals surface area contributed by atoms with Crippen LogP contribution in [0.4, 0.5) is 5.69 Å². The van der Waals surface area contributed by atoms with E-state index in [0.717, 1.165) is 11.3 Å². The van der Waals surface area contributed by atoms with Crippen molar-refractivity contribution in [1.82, 2.24) is 0 Å². The summed E-state index contributed by atoms with van der Waals surface area (Å²) in [6.45, 7) is 1.65. The van der Waals surface area contributed by atoms with Crippen LogP contribution in [0.3, 0.4) is 0 Å². The number of rotatable bonds is 4. The first-order valence-corrected chi connectivity index (χ1v) is 4.87. The molecule has 0 radical (unpaired) electrons. The topological polar surface area (TPSA) is 49.3 Å². The van der Waals surface area contributed by atoms with Crippen LogP contribution < -0.4 is 5.32 Å². The molecule has 1 aromatic rings. The smallest absolute Gasteiger partial charge is 0.221 e. The molecule has 1 amide bonds. The van der Waals surface area contributed by atoms with Gasteiger partial charge in [0.15, 0.2) is 0 Å². The highest BCUT2D eigenvalue weighted by Crippen LogP contribution is 2.10. The molecule has 0 aliphatic rings. The Balaban J connectivity index is 2.60. The van der Waals surface area contributed by atoms with E-state index < -0.39 is 0 Å². The van der Waals surface area contributed by atoms with Gasteiger partial charge in [0.05, 0.1) is 0 Å². The summed E-state index contributed by atoms with van der Waals surface area (Å²) in [6.07, 6.45) is 4.51. The first-order valence-electron chi connectivity index (χ1n) is 4.87. The van der Waals surface area contributed by atoms with Crippen LogP contribution in [-0.4, -0.2) is 17.6 Å². The zero-order valence-electron chi connectivity index (χ0n) is 8.73. The molecule has 15 heavy (non-hydrogen) atoms. The SMILES string of the molecule is CC(=O)Nc1ccc(C=CCCO)cc1. The van der Waals surface area contributed by atoms with Gasteiger partial charge in [0.25, 0.3) is 0 Å². The minimum Gasteiger partial charge on any atom is -0.396 e.